The summed E-state index contributed by atoms with van der Waals surface area (Å²) in [6.07, 6.45) is 1.05. The zero-order valence-corrected chi connectivity index (χ0v) is 16.9. The molecule has 1 saturated heterocycles. The minimum absolute atomic E-state index is 0.117. The summed E-state index contributed by atoms with van der Waals surface area (Å²) in [6.45, 7) is 0.731. The van der Waals surface area contributed by atoms with Gasteiger partial charge < -0.3 is 15.0 Å². The van der Waals surface area contributed by atoms with Crippen LogP contribution in [0.3, 0.4) is 0 Å². The lowest BCUT2D eigenvalue weighted by Gasteiger charge is -2.20. The van der Waals surface area contributed by atoms with Crippen LogP contribution >= 0.6 is 0 Å². The minimum Gasteiger partial charge on any atom is -0.495 e. The number of benzene rings is 2. The van der Waals surface area contributed by atoms with Crippen molar-refractivity contribution in [1.29, 1.82) is 0 Å². The quantitative estimate of drug-likeness (QED) is 0.715. The molecule has 0 unspecified atom stereocenters. The number of para-hydroxylation sites is 2. The number of urea groups is 1. The molecule has 0 atom stereocenters. The second-order valence-electron chi connectivity index (χ2n) is 6.53. The van der Waals surface area contributed by atoms with Gasteiger partial charge in [0.05, 0.1) is 24.7 Å². The number of sulfonamides is 1. The van der Waals surface area contributed by atoms with Crippen LogP contribution in [-0.2, 0) is 14.8 Å². The molecule has 0 saturated carbocycles. The fourth-order valence-corrected chi connectivity index (χ4v) is 3.61. The average Bonchev–Trinajstić information content (AvgIpc) is 3.00. The van der Waals surface area contributed by atoms with E-state index in [1.807, 2.05) is 12.1 Å². The smallest absolute Gasteiger partial charge is 0.325 e. The normalized spacial score (nSPS) is 14.1. The van der Waals surface area contributed by atoms with E-state index in [1.54, 1.807) is 35.2 Å². The Labute approximate surface area is 169 Å². The van der Waals surface area contributed by atoms with Gasteiger partial charge in [-0.15, -0.1) is 0 Å². The highest BCUT2D eigenvalue weighted by Gasteiger charge is 2.32. The first-order chi connectivity index (χ1) is 13.8. The first-order valence-electron chi connectivity index (χ1n) is 8.84. The zero-order chi connectivity index (χ0) is 21.0. The Morgan fingerprint density at radius 3 is 2.55 bits per heavy atom. The Morgan fingerprint density at radius 2 is 1.83 bits per heavy atom. The van der Waals surface area contributed by atoms with Crippen LogP contribution in [0.25, 0.3) is 0 Å². The van der Waals surface area contributed by atoms with Gasteiger partial charge in [-0.1, -0.05) is 18.2 Å². The molecule has 3 amide bonds. The number of rotatable bonds is 7. The summed E-state index contributed by atoms with van der Waals surface area (Å²) in [7, 11) is -1.88. The van der Waals surface area contributed by atoms with E-state index in [9.17, 15) is 18.0 Å². The van der Waals surface area contributed by atoms with Crippen molar-refractivity contribution in [3.05, 3.63) is 48.5 Å². The molecule has 0 bridgehead atoms. The van der Waals surface area contributed by atoms with Gasteiger partial charge in [-0.3, -0.25) is 14.4 Å². The second kappa shape index (κ2) is 8.39. The van der Waals surface area contributed by atoms with Crippen LogP contribution < -0.4 is 19.7 Å². The van der Waals surface area contributed by atoms with Crippen molar-refractivity contribution in [2.24, 2.45) is 0 Å². The molecule has 0 radical (unpaired) electrons. The topological polar surface area (TPSA) is 108 Å². The molecule has 1 aliphatic rings. The third-order valence-electron chi connectivity index (χ3n) is 4.25. The molecule has 9 nitrogen and oxygen atoms in total. The summed E-state index contributed by atoms with van der Waals surface area (Å²) in [5.41, 5.74) is 1.42. The van der Waals surface area contributed by atoms with Gasteiger partial charge in [0.15, 0.2) is 0 Å². The maximum Gasteiger partial charge on any atom is 0.325 e. The number of hydrogen-bond donors (Lipinski definition) is 2. The van der Waals surface area contributed by atoms with Crippen molar-refractivity contribution in [1.82, 2.24) is 4.90 Å². The summed E-state index contributed by atoms with van der Waals surface area (Å²) < 4.78 is 30.3. The molecule has 0 aromatic heterocycles. The van der Waals surface area contributed by atoms with Crippen molar-refractivity contribution >= 4 is 39.0 Å². The molecule has 1 fully saturated rings. The van der Waals surface area contributed by atoms with Gasteiger partial charge in [0, 0.05) is 18.8 Å². The molecule has 0 spiro atoms. The second-order valence-corrected chi connectivity index (χ2v) is 8.28. The van der Waals surface area contributed by atoms with Crippen LogP contribution in [-0.4, -0.2) is 58.3 Å². The van der Waals surface area contributed by atoms with Gasteiger partial charge in [-0.05, 0) is 30.3 Å². The molecular formula is C19H22N4O5S. The summed E-state index contributed by atoms with van der Waals surface area (Å²) in [6, 6.07) is 13.3. The predicted octanol–water partition coefficient (Wildman–Crippen LogP) is 1.95. The summed E-state index contributed by atoms with van der Waals surface area (Å²) in [5, 5.41) is 2.68. The molecule has 154 valence electrons. The van der Waals surface area contributed by atoms with Crippen LogP contribution in [0.15, 0.2) is 48.5 Å². The first kappa shape index (κ1) is 20.5. The number of nitrogens with zero attached hydrogens (tertiary/aromatic N) is 2. The number of hydrogen-bond acceptors (Lipinski definition) is 5. The highest BCUT2D eigenvalue weighted by Crippen LogP contribution is 2.30. The lowest BCUT2D eigenvalue weighted by atomic mass is 10.2. The molecular weight excluding hydrogens is 396 g/mol. The summed E-state index contributed by atoms with van der Waals surface area (Å²) in [4.78, 5) is 28.1. The van der Waals surface area contributed by atoms with E-state index in [2.05, 4.69) is 10.0 Å². The van der Waals surface area contributed by atoms with Gasteiger partial charge in [0.1, 0.15) is 12.3 Å². The zero-order valence-electron chi connectivity index (χ0n) is 16.1. The fraction of sp³-hybridized carbons (Fsp3) is 0.263. The Balaban J connectivity index is 1.63. The monoisotopic (exact) mass is 418 g/mol. The van der Waals surface area contributed by atoms with Crippen molar-refractivity contribution in [3.8, 4) is 5.75 Å². The maximum atomic E-state index is 12.7. The highest BCUT2D eigenvalue weighted by atomic mass is 32.2. The van der Waals surface area contributed by atoms with E-state index in [0.717, 1.165) is 6.26 Å². The number of ether oxygens (including phenoxy) is 1. The SMILES string of the molecule is COc1ccccc1N1CCN(CC(=O)Nc2cccc(NS(C)(=O)=O)c2)C1=O. The number of carbonyl (C=O) groups is 2. The largest absolute Gasteiger partial charge is 0.495 e. The molecule has 3 rings (SSSR count). The molecule has 10 heteroatoms. The first-order valence-corrected chi connectivity index (χ1v) is 10.7. The number of carbonyl (C=O) groups excluding carboxylic acids is 2. The predicted molar refractivity (Wildman–Crippen MR) is 111 cm³/mol. The maximum absolute atomic E-state index is 12.7. The van der Waals surface area contributed by atoms with Crippen LogP contribution in [0, 0.1) is 0 Å². The van der Waals surface area contributed by atoms with Crippen LogP contribution in [0.2, 0.25) is 0 Å². The van der Waals surface area contributed by atoms with E-state index >= 15 is 0 Å². The lowest BCUT2D eigenvalue weighted by Crippen LogP contribution is -2.37. The van der Waals surface area contributed by atoms with E-state index in [1.165, 1.54) is 18.1 Å². The van der Waals surface area contributed by atoms with Gasteiger partial charge in [0.25, 0.3) is 0 Å². The number of anilines is 3. The third-order valence-corrected chi connectivity index (χ3v) is 4.86. The van der Waals surface area contributed by atoms with Crippen LogP contribution in [0.1, 0.15) is 0 Å². The third kappa shape index (κ3) is 5.17. The highest BCUT2D eigenvalue weighted by molar-refractivity contribution is 7.92. The molecule has 2 aromatic rings. The van der Waals surface area contributed by atoms with E-state index in [0.29, 0.717) is 35.9 Å². The van der Waals surface area contributed by atoms with Gasteiger partial charge in [-0.25, -0.2) is 13.2 Å². The minimum atomic E-state index is -3.42. The number of methoxy groups -OCH3 is 1. The van der Waals surface area contributed by atoms with Crippen molar-refractivity contribution < 1.29 is 22.7 Å². The Morgan fingerprint density at radius 1 is 1.10 bits per heavy atom. The van der Waals surface area contributed by atoms with E-state index in [-0.39, 0.29) is 18.5 Å². The van der Waals surface area contributed by atoms with Crippen LogP contribution in [0.4, 0.5) is 21.9 Å². The molecule has 2 N–H and O–H groups in total. The van der Waals surface area contributed by atoms with Crippen molar-refractivity contribution in [2.75, 3.05) is 47.9 Å². The van der Waals surface area contributed by atoms with E-state index in [4.69, 9.17) is 4.74 Å². The fourth-order valence-electron chi connectivity index (χ4n) is 3.05. The Bertz CT molecular complexity index is 1020. The summed E-state index contributed by atoms with van der Waals surface area (Å²) in [5.74, 6) is 0.207. The molecule has 1 heterocycles. The molecule has 29 heavy (non-hydrogen) atoms. The van der Waals surface area contributed by atoms with Gasteiger partial charge in [0.2, 0.25) is 15.9 Å². The molecule has 0 aliphatic carbocycles. The van der Waals surface area contributed by atoms with Crippen molar-refractivity contribution in [3.63, 3.8) is 0 Å². The summed E-state index contributed by atoms with van der Waals surface area (Å²) >= 11 is 0. The Kier molecular flexibility index (Phi) is 5.92. The lowest BCUT2D eigenvalue weighted by molar-refractivity contribution is -0.116. The van der Waals surface area contributed by atoms with Crippen molar-refractivity contribution in [2.45, 2.75) is 0 Å². The molecule has 1 aliphatic heterocycles. The average molecular weight is 418 g/mol. The van der Waals surface area contributed by atoms with Crippen LogP contribution in [0.5, 0.6) is 5.75 Å². The Hall–Kier alpha value is -3.27. The number of nitrogens with one attached hydrogen (secondary N) is 2. The number of amides is 3. The van der Waals surface area contributed by atoms with Gasteiger partial charge in [-0.2, -0.15) is 0 Å². The van der Waals surface area contributed by atoms with E-state index < -0.39 is 10.0 Å². The standard InChI is InChI=1S/C19H22N4O5S/c1-28-17-9-4-3-8-16(17)23-11-10-22(19(23)25)13-18(24)20-14-6-5-7-15(12-14)21-29(2,26)27/h3-9,12,21H,10-11,13H2,1-2H3,(H,20,24). The molecule has 2 aromatic carbocycles. The van der Waals surface area contributed by atoms with Gasteiger partial charge >= 0.3 is 6.03 Å².